The summed E-state index contributed by atoms with van der Waals surface area (Å²) in [5, 5.41) is 28.4. The molecule has 0 bridgehead atoms. The third kappa shape index (κ3) is 4.02. The predicted octanol–water partition coefficient (Wildman–Crippen LogP) is 3.15. The van der Waals surface area contributed by atoms with Crippen molar-refractivity contribution >= 4 is 29.3 Å². The first kappa shape index (κ1) is 19.5. The van der Waals surface area contributed by atoms with Crippen molar-refractivity contribution in [2.24, 2.45) is 0 Å². The summed E-state index contributed by atoms with van der Waals surface area (Å²) in [4.78, 5) is 16.1. The molecule has 0 atom stereocenters. The lowest BCUT2D eigenvalue weighted by Crippen LogP contribution is -2.49. The zero-order valence-corrected chi connectivity index (χ0v) is 15.5. The largest absolute Gasteiger partial charge is 0.504 e. The van der Waals surface area contributed by atoms with E-state index in [1.54, 1.807) is 18.2 Å². The van der Waals surface area contributed by atoms with Crippen LogP contribution < -0.4 is 4.90 Å². The lowest BCUT2D eigenvalue weighted by Gasteiger charge is -2.36. The standard InChI is InChI=1S/C20H17ClFN3O3/c21-15-10-13(11-18(26)19(15)27)9-14(12-23)20(28)25-7-5-24(6-8-25)17-4-2-1-3-16(17)22/h1-4,9-11,26-27H,5-8H2/b14-9+. The fourth-order valence-electron chi connectivity index (χ4n) is 3.03. The minimum absolute atomic E-state index is 0.0884. The van der Waals surface area contributed by atoms with E-state index in [4.69, 9.17) is 11.6 Å². The first-order valence-electron chi connectivity index (χ1n) is 8.52. The van der Waals surface area contributed by atoms with Crippen molar-refractivity contribution in [1.82, 2.24) is 4.90 Å². The molecule has 0 radical (unpaired) electrons. The number of hydrogen-bond donors (Lipinski definition) is 2. The summed E-state index contributed by atoms with van der Waals surface area (Å²) in [5.74, 6) is -1.68. The van der Waals surface area contributed by atoms with Gasteiger partial charge in [-0.05, 0) is 35.9 Å². The number of hydrogen-bond acceptors (Lipinski definition) is 5. The van der Waals surface area contributed by atoms with Gasteiger partial charge in [0.05, 0.1) is 10.7 Å². The first-order valence-corrected chi connectivity index (χ1v) is 8.90. The van der Waals surface area contributed by atoms with Gasteiger partial charge in [0.15, 0.2) is 11.5 Å². The number of rotatable bonds is 3. The molecular weight excluding hydrogens is 385 g/mol. The Balaban J connectivity index is 1.73. The summed E-state index contributed by atoms with van der Waals surface area (Å²) in [6.07, 6.45) is 1.30. The predicted molar refractivity (Wildman–Crippen MR) is 104 cm³/mol. The van der Waals surface area contributed by atoms with Crippen molar-refractivity contribution < 1.29 is 19.4 Å². The van der Waals surface area contributed by atoms with E-state index in [-0.39, 0.29) is 16.4 Å². The van der Waals surface area contributed by atoms with Gasteiger partial charge in [0, 0.05) is 26.2 Å². The van der Waals surface area contributed by atoms with E-state index in [1.165, 1.54) is 29.2 Å². The zero-order chi connectivity index (χ0) is 20.3. The topological polar surface area (TPSA) is 87.8 Å². The number of carbonyl (C=O) groups excluding carboxylic acids is 1. The molecule has 0 aliphatic carbocycles. The van der Waals surface area contributed by atoms with Gasteiger partial charge in [0.1, 0.15) is 17.5 Å². The summed E-state index contributed by atoms with van der Waals surface area (Å²) < 4.78 is 13.9. The summed E-state index contributed by atoms with van der Waals surface area (Å²) >= 11 is 5.81. The SMILES string of the molecule is N#C/C(=C\c1cc(O)c(O)c(Cl)c1)C(=O)N1CCN(c2ccccc2F)CC1. The number of amides is 1. The molecule has 1 heterocycles. The van der Waals surface area contributed by atoms with Gasteiger partial charge in [0.2, 0.25) is 0 Å². The van der Waals surface area contributed by atoms with Gasteiger partial charge in [-0.2, -0.15) is 5.26 Å². The number of aromatic hydroxyl groups is 2. The smallest absolute Gasteiger partial charge is 0.264 e. The average molecular weight is 402 g/mol. The highest BCUT2D eigenvalue weighted by Crippen LogP contribution is 2.34. The van der Waals surface area contributed by atoms with Crippen molar-refractivity contribution in [3.63, 3.8) is 0 Å². The van der Waals surface area contributed by atoms with Gasteiger partial charge < -0.3 is 20.0 Å². The normalized spacial score (nSPS) is 14.7. The Bertz CT molecular complexity index is 956. The number of benzene rings is 2. The van der Waals surface area contributed by atoms with Crippen LogP contribution in [0.25, 0.3) is 6.08 Å². The summed E-state index contributed by atoms with van der Waals surface area (Å²) in [7, 11) is 0. The first-order chi connectivity index (χ1) is 13.4. The number of phenolic OH excluding ortho intramolecular Hbond substituents is 2. The van der Waals surface area contributed by atoms with Crippen LogP contribution in [-0.4, -0.2) is 47.2 Å². The molecule has 0 spiro atoms. The van der Waals surface area contributed by atoms with E-state index in [9.17, 15) is 24.7 Å². The van der Waals surface area contributed by atoms with Crippen LogP contribution in [0.3, 0.4) is 0 Å². The van der Waals surface area contributed by atoms with Crippen LogP contribution >= 0.6 is 11.6 Å². The number of halogens is 2. The molecule has 1 saturated heterocycles. The Morgan fingerprint density at radius 1 is 1.18 bits per heavy atom. The number of phenols is 2. The highest BCUT2D eigenvalue weighted by atomic mass is 35.5. The Morgan fingerprint density at radius 3 is 2.46 bits per heavy atom. The van der Waals surface area contributed by atoms with E-state index < -0.39 is 17.4 Å². The highest BCUT2D eigenvalue weighted by Gasteiger charge is 2.25. The molecule has 3 rings (SSSR count). The molecule has 1 amide bonds. The number of anilines is 1. The van der Waals surface area contributed by atoms with Gasteiger partial charge in [-0.15, -0.1) is 0 Å². The minimum Gasteiger partial charge on any atom is -0.504 e. The Hall–Kier alpha value is -3.24. The lowest BCUT2D eigenvalue weighted by atomic mass is 10.1. The third-order valence-electron chi connectivity index (χ3n) is 4.49. The van der Waals surface area contributed by atoms with Gasteiger partial charge in [-0.25, -0.2) is 4.39 Å². The molecule has 0 saturated carbocycles. The second-order valence-electron chi connectivity index (χ2n) is 6.27. The third-order valence-corrected chi connectivity index (χ3v) is 4.78. The van der Waals surface area contributed by atoms with Crippen LogP contribution in [-0.2, 0) is 4.79 Å². The van der Waals surface area contributed by atoms with Crippen LogP contribution in [0.15, 0.2) is 42.0 Å². The molecule has 1 aliphatic rings. The fraction of sp³-hybridized carbons (Fsp3) is 0.200. The van der Waals surface area contributed by atoms with Gasteiger partial charge in [-0.3, -0.25) is 4.79 Å². The summed E-state index contributed by atoms with van der Waals surface area (Å²) in [5.41, 5.74) is 0.676. The van der Waals surface area contributed by atoms with Crippen LogP contribution in [0.2, 0.25) is 5.02 Å². The maximum atomic E-state index is 13.9. The zero-order valence-electron chi connectivity index (χ0n) is 14.8. The van der Waals surface area contributed by atoms with Crippen LogP contribution in [0.4, 0.5) is 10.1 Å². The molecule has 144 valence electrons. The van der Waals surface area contributed by atoms with Crippen molar-refractivity contribution in [3.05, 3.63) is 58.4 Å². The van der Waals surface area contributed by atoms with Gasteiger partial charge in [-0.1, -0.05) is 23.7 Å². The number of nitrogens with zero attached hydrogens (tertiary/aromatic N) is 3. The summed E-state index contributed by atoms with van der Waals surface area (Å²) in [6, 6.07) is 10.9. The maximum absolute atomic E-state index is 13.9. The van der Waals surface area contributed by atoms with Crippen LogP contribution in [0, 0.1) is 17.1 Å². The molecule has 0 unspecified atom stereocenters. The van der Waals surface area contributed by atoms with Crippen molar-refractivity contribution in [2.45, 2.75) is 0 Å². The number of nitriles is 1. The van der Waals surface area contributed by atoms with Crippen LogP contribution in [0.5, 0.6) is 11.5 Å². The molecule has 2 aromatic rings. The highest BCUT2D eigenvalue weighted by molar-refractivity contribution is 6.32. The monoisotopic (exact) mass is 401 g/mol. The van der Waals surface area contributed by atoms with Crippen molar-refractivity contribution in [3.8, 4) is 17.6 Å². The molecule has 8 heteroatoms. The quantitative estimate of drug-likeness (QED) is 0.468. The molecule has 28 heavy (non-hydrogen) atoms. The van der Waals surface area contributed by atoms with Gasteiger partial charge in [0.25, 0.3) is 5.91 Å². The maximum Gasteiger partial charge on any atom is 0.264 e. The second kappa shape index (κ2) is 8.19. The molecule has 2 aromatic carbocycles. The van der Waals surface area contributed by atoms with Gasteiger partial charge >= 0.3 is 0 Å². The fourth-order valence-corrected chi connectivity index (χ4v) is 3.25. The Kier molecular flexibility index (Phi) is 5.71. The molecule has 1 fully saturated rings. The molecule has 0 aromatic heterocycles. The number of piperazine rings is 1. The second-order valence-corrected chi connectivity index (χ2v) is 6.68. The average Bonchev–Trinajstić information content (AvgIpc) is 2.70. The van der Waals surface area contributed by atoms with E-state index in [0.29, 0.717) is 37.4 Å². The van der Waals surface area contributed by atoms with Crippen LogP contribution in [0.1, 0.15) is 5.56 Å². The minimum atomic E-state index is -0.465. The lowest BCUT2D eigenvalue weighted by molar-refractivity contribution is -0.126. The summed E-state index contributed by atoms with van der Waals surface area (Å²) in [6.45, 7) is 1.57. The van der Waals surface area contributed by atoms with E-state index >= 15 is 0 Å². The Morgan fingerprint density at radius 2 is 1.86 bits per heavy atom. The van der Waals surface area contributed by atoms with Crippen molar-refractivity contribution in [2.75, 3.05) is 31.1 Å². The van der Waals surface area contributed by atoms with Crippen molar-refractivity contribution in [1.29, 1.82) is 5.26 Å². The number of carbonyl (C=O) groups is 1. The number of para-hydroxylation sites is 1. The van der Waals surface area contributed by atoms with E-state index in [2.05, 4.69) is 0 Å². The Labute approximate surface area is 166 Å². The molecule has 2 N–H and O–H groups in total. The van der Waals surface area contributed by atoms with E-state index in [1.807, 2.05) is 11.0 Å². The molecule has 6 nitrogen and oxygen atoms in total. The molecular formula is C20H17ClFN3O3. The van der Waals surface area contributed by atoms with E-state index in [0.717, 1.165) is 0 Å². The molecule has 1 aliphatic heterocycles.